The van der Waals surface area contributed by atoms with Crippen molar-refractivity contribution >= 4 is 66.7 Å². The molecule has 1 aliphatic rings. The molecular formula is C22H35Cl3N4O2S. The molecule has 1 fully saturated rings. The fourth-order valence-corrected chi connectivity index (χ4v) is 4.26. The second-order valence-corrected chi connectivity index (χ2v) is 8.04. The quantitative estimate of drug-likeness (QED) is 0.339. The molecule has 0 bridgehead atoms. The normalized spacial score (nSPS) is 20.1. The predicted molar refractivity (Wildman–Crippen MR) is 142 cm³/mol. The standard InChI is InChI=1S/C22H32N4O2S.3ClH/c1-2-14-28-15-10-22(23)19(9-5-16-29)26(13-12-25-22)21(27)18-8-3-6-17-7-4-11-24-20(17)18;;;/h3-4,6-8,11,19,25,29H,2,5,9-10,12-16,23H2,1H3;3*1H/t19?,22-;;;/m0.../s1. The molecule has 32 heavy (non-hydrogen) atoms. The number of ether oxygens (including phenoxy) is 1. The van der Waals surface area contributed by atoms with Gasteiger partial charge in [-0.1, -0.05) is 25.1 Å². The number of thiol groups is 1. The maximum absolute atomic E-state index is 13.6. The monoisotopic (exact) mass is 524 g/mol. The number of amides is 1. The molecule has 1 unspecified atom stereocenters. The number of rotatable bonds is 9. The second kappa shape index (κ2) is 15.2. The lowest BCUT2D eigenvalue weighted by Gasteiger charge is -2.49. The van der Waals surface area contributed by atoms with Gasteiger partial charge in [0.15, 0.2) is 0 Å². The van der Waals surface area contributed by atoms with Gasteiger partial charge >= 0.3 is 0 Å². The number of piperazine rings is 1. The van der Waals surface area contributed by atoms with Gasteiger partial charge in [-0.3, -0.25) is 15.1 Å². The molecule has 0 radical (unpaired) electrons. The summed E-state index contributed by atoms with van der Waals surface area (Å²) in [6.45, 7) is 4.67. The molecule has 0 saturated carbocycles. The maximum Gasteiger partial charge on any atom is 0.256 e. The Morgan fingerprint density at radius 3 is 2.75 bits per heavy atom. The summed E-state index contributed by atoms with van der Waals surface area (Å²) >= 11 is 4.38. The van der Waals surface area contributed by atoms with Gasteiger partial charge in [-0.15, -0.1) is 37.2 Å². The number of nitrogens with one attached hydrogen (secondary N) is 1. The predicted octanol–water partition coefficient (Wildman–Crippen LogP) is 4.10. The SMILES string of the molecule is CCCOCC[C@]1(N)NCCN(C(=O)c2cccc3cccnc23)C1CCCS.Cl.Cl.Cl. The van der Waals surface area contributed by atoms with Crippen LogP contribution in [0.25, 0.3) is 10.9 Å². The molecule has 2 atom stereocenters. The van der Waals surface area contributed by atoms with E-state index in [9.17, 15) is 4.79 Å². The van der Waals surface area contributed by atoms with Gasteiger partial charge in [0, 0.05) is 44.3 Å². The number of carbonyl (C=O) groups excluding carboxylic acids is 1. The van der Waals surface area contributed by atoms with Gasteiger partial charge in [-0.25, -0.2) is 0 Å². The first-order valence-electron chi connectivity index (χ1n) is 10.5. The van der Waals surface area contributed by atoms with E-state index in [0.717, 1.165) is 42.5 Å². The molecule has 0 spiro atoms. The first-order valence-corrected chi connectivity index (χ1v) is 11.1. The van der Waals surface area contributed by atoms with Crippen LogP contribution in [0.3, 0.4) is 0 Å². The molecule has 3 N–H and O–H groups in total. The number of halogens is 3. The van der Waals surface area contributed by atoms with Gasteiger partial charge in [0.05, 0.1) is 22.8 Å². The number of nitrogens with two attached hydrogens (primary N) is 1. The first-order chi connectivity index (χ1) is 14.1. The summed E-state index contributed by atoms with van der Waals surface area (Å²) < 4.78 is 5.69. The van der Waals surface area contributed by atoms with Crippen LogP contribution in [-0.2, 0) is 4.74 Å². The zero-order valence-corrected chi connectivity index (χ0v) is 21.7. The highest BCUT2D eigenvalue weighted by Crippen LogP contribution is 2.27. The molecule has 0 aliphatic carbocycles. The van der Waals surface area contributed by atoms with Crippen LogP contribution in [0.2, 0.25) is 0 Å². The molecule has 2 heterocycles. The Hall–Kier alpha value is -0.800. The Kier molecular flexibility index (Phi) is 14.8. The summed E-state index contributed by atoms with van der Waals surface area (Å²) in [5.41, 5.74) is 7.51. The Bertz CT molecular complexity index is 827. The molecule has 1 aromatic carbocycles. The summed E-state index contributed by atoms with van der Waals surface area (Å²) in [4.78, 5) is 20.0. The Labute approximate surface area is 215 Å². The third-order valence-corrected chi connectivity index (χ3v) is 5.86. The highest BCUT2D eigenvalue weighted by molar-refractivity contribution is 7.80. The van der Waals surface area contributed by atoms with Crippen LogP contribution in [0.5, 0.6) is 0 Å². The van der Waals surface area contributed by atoms with Crippen LogP contribution >= 0.6 is 49.8 Å². The minimum absolute atomic E-state index is 0. The number of para-hydroxylation sites is 1. The van der Waals surface area contributed by atoms with Crippen LogP contribution in [0.4, 0.5) is 0 Å². The molecule has 10 heteroatoms. The van der Waals surface area contributed by atoms with Crippen LogP contribution < -0.4 is 11.1 Å². The lowest BCUT2D eigenvalue weighted by molar-refractivity contribution is 0.0195. The van der Waals surface area contributed by atoms with Gasteiger partial charge in [0.25, 0.3) is 5.91 Å². The number of nitrogens with zero attached hydrogens (tertiary/aromatic N) is 2. The van der Waals surface area contributed by atoms with E-state index in [1.807, 2.05) is 35.2 Å². The third kappa shape index (κ3) is 7.35. The van der Waals surface area contributed by atoms with Crippen molar-refractivity contribution in [3.05, 3.63) is 42.1 Å². The van der Waals surface area contributed by atoms with E-state index in [2.05, 4.69) is 29.9 Å². The smallest absolute Gasteiger partial charge is 0.256 e. The van der Waals surface area contributed by atoms with Crippen LogP contribution in [-0.4, -0.2) is 59.6 Å². The Morgan fingerprint density at radius 2 is 2.03 bits per heavy atom. The summed E-state index contributed by atoms with van der Waals surface area (Å²) in [6, 6.07) is 9.49. The lowest BCUT2D eigenvalue weighted by Crippen LogP contribution is -2.72. The topological polar surface area (TPSA) is 80.5 Å². The minimum atomic E-state index is -0.678. The van der Waals surface area contributed by atoms with Crippen LogP contribution in [0.15, 0.2) is 36.5 Å². The Morgan fingerprint density at radius 1 is 1.28 bits per heavy atom. The van der Waals surface area contributed by atoms with Crippen molar-refractivity contribution in [3.63, 3.8) is 0 Å². The number of hydrogen-bond donors (Lipinski definition) is 3. The van der Waals surface area contributed by atoms with Crippen LogP contribution in [0.1, 0.15) is 43.0 Å². The van der Waals surface area contributed by atoms with Crippen LogP contribution in [0, 0.1) is 0 Å². The molecule has 1 aliphatic heterocycles. The maximum atomic E-state index is 13.6. The van der Waals surface area contributed by atoms with Crippen molar-refractivity contribution in [2.45, 2.75) is 44.3 Å². The molecule has 182 valence electrons. The van der Waals surface area contributed by atoms with Crippen molar-refractivity contribution in [2.75, 3.05) is 32.1 Å². The zero-order chi connectivity index (χ0) is 20.7. The van der Waals surface area contributed by atoms with Gasteiger partial charge < -0.3 is 15.4 Å². The minimum Gasteiger partial charge on any atom is -0.381 e. The summed E-state index contributed by atoms with van der Waals surface area (Å²) in [7, 11) is 0. The number of carbonyl (C=O) groups is 1. The van der Waals surface area contributed by atoms with E-state index in [0.29, 0.717) is 31.7 Å². The van der Waals surface area contributed by atoms with E-state index in [1.165, 1.54) is 0 Å². The van der Waals surface area contributed by atoms with E-state index in [4.69, 9.17) is 10.5 Å². The molecule has 2 aromatic rings. The van der Waals surface area contributed by atoms with Gasteiger partial charge in [0.1, 0.15) is 0 Å². The highest BCUT2D eigenvalue weighted by Gasteiger charge is 2.43. The third-order valence-electron chi connectivity index (χ3n) is 5.55. The van der Waals surface area contributed by atoms with Gasteiger partial charge in [0.2, 0.25) is 0 Å². The summed E-state index contributed by atoms with van der Waals surface area (Å²) in [5.74, 6) is 0.751. The van der Waals surface area contributed by atoms with E-state index < -0.39 is 5.66 Å². The van der Waals surface area contributed by atoms with E-state index in [-0.39, 0.29) is 49.2 Å². The first kappa shape index (κ1) is 31.2. The van der Waals surface area contributed by atoms with Crippen molar-refractivity contribution in [2.24, 2.45) is 5.73 Å². The molecular weight excluding hydrogens is 491 g/mol. The summed E-state index contributed by atoms with van der Waals surface area (Å²) in [6.07, 6.45) is 5.05. The zero-order valence-electron chi connectivity index (χ0n) is 18.4. The number of pyridine rings is 1. The molecule has 1 amide bonds. The molecule has 1 saturated heterocycles. The number of benzene rings is 1. The fourth-order valence-electron chi connectivity index (χ4n) is 4.08. The summed E-state index contributed by atoms with van der Waals surface area (Å²) in [5, 5.41) is 4.43. The lowest BCUT2D eigenvalue weighted by atomic mass is 9.89. The van der Waals surface area contributed by atoms with Crippen molar-refractivity contribution in [1.82, 2.24) is 15.2 Å². The van der Waals surface area contributed by atoms with Crippen molar-refractivity contribution in [3.8, 4) is 0 Å². The highest BCUT2D eigenvalue weighted by atomic mass is 35.5. The van der Waals surface area contributed by atoms with Gasteiger partial charge in [-0.2, -0.15) is 12.6 Å². The second-order valence-electron chi connectivity index (χ2n) is 7.59. The Balaban J connectivity index is 0.00000320. The average Bonchev–Trinajstić information content (AvgIpc) is 2.75. The van der Waals surface area contributed by atoms with Crippen molar-refractivity contribution in [1.29, 1.82) is 0 Å². The largest absolute Gasteiger partial charge is 0.381 e. The van der Waals surface area contributed by atoms with E-state index in [1.54, 1.807) is 6.20 Å². The van der Waals surface area contributed by atoms with Gasteiger partial charge in [-0.05, 0) is 37.1 Å². The molecule has 1 aromatic heterocycles. The van der Waals surface area contributed by atoms with E-state index >= 15 is 0 Å². The molecule has 3 rings (SSSR count). The number of fused-ring (bicyclic) bond motifs is 1. The molecule has 6 nitrogen and oxygen atoms in total. The number of aromatic nitrogens is 1. The number of hydrogen-bond acceptors (Lipinski definition) is 6. The van der Waals surface area contributed by atoms with Crippen molar-refractivity contribution < 1.29 is 9.53 Å². The fraction of sp³-hybridized carbons (Fsp3) is 0.545. The average molecular weight is 526 g/mol.